The van der Waals surface area contributed by atoms with Gasteiger partial charge in [-0.1, -0.05) is 19.1 Å². The zero-order valence-electron chi connectivity index (χ0n) is 17.6. The van der Waals surface area contributed by atoms with Gasteiger partial charge in [0, 0.05) is 43.3 Å². The number of hydrogen-bond donors (Lipinski definition) is 1. The lowest BCUT2D eigenvalue weighted by Crippen LogP contribution is -2.46. The Morgan fingerprint density at radius 2 is 1.97 bits per heavy atom. The molecule has 1 amide bonds. The molecule has 0 unspecified atom stereocenters. The van der Waals surface area contributed by atoms with Crippen molar-refractivity contribution in [2.45, 2.75) is 19.6 Å². The Morgan fingerprint density at radius 1 is 1.17 bits per heavy atom. The second kappa shape index (κ2) is 9.81. The van der Waals surface area contributed by atoms with Crippen LogP contribution in [0.5, 0.6) is 0 Å². The number of carbonyl (C=O) groups excluding carboxylic acids is 1. The molecule has 0 radical (unpaired) electrons. The third kappa shape index (κ3) is 5.14. The molecule has 1 aliphatic heterocycles. The Labute approximate surface area is 186 Å². The number of anilines is 2. The molecule has 0 aliphatic carbocycles. The number of likely N-dealkylation sites (N-methyl/N-ethyl adjacent to an activating group) is 1. The van der Waals surface area contributed by atoms with Gasteiger partial charge in [0.1, 0.15) is 5.01 Å². The summed E-state index contributed by atoms with van der Waals surface area (Å²) in [5.74, 6) is 1.22. The monoisotopic (exact) mass is 440 g/mol. The zero-order chi connectivity index (χ0) is 20.9. The molecule has 158 valence electrons. The maximum atomic E-state index is 12.4. The summed E-state index contributed by atoms with van der Waals surface area (Å²) in [7, 11) is 0. The summed E-state index contributed by atoms with van der Waals surface area (Å²) in [6.45, 7) is 9.74. The van der Waals surface area contributed by atoms with Gasteiger partial charge in [0.2, 0.25) is 5.91 Å². The number of amides is 1. The van der Waals surface area contributed by atoms with Gasteiger partial charge in [-0.3, -0.25) is 4.79 Å². The molecule has 0 spiro atoms. The summed E-state index contributed by atoms with van der Waals surface area (Å²) in [5, 5.41) is 4.13. The van der Waals surface area contributed by atoms with Gasteiger partial charge in [0.05, 0.1) is 16.0 Å². The van der Waals surface area contributed by atoms with Gasteiger partial charge in [-0.2, -0.15) is 0 Å². The van der Waals surface area contributed by atoms with Gasteiger partial charge in [0.25, 0.3) is 0 Å². The van der Waals surface area contributed by atoms with Crippen LogP contribution in [0, 0.1) is 6.92 Å². The summed E-state index contributed by atoms with van der Waals surface area (Å²) in [6, 6.07) is 14.5. The van der Waals surface area contributed by atoms with Crippen LogP contribution in [0.1, 0.15) is 17.5 Å². The van der Waals surface area contributed by atoms with Crippen molar-refractivity contribution < 1.29 is 4.79 Å². The van der Waals surface area contributed by atoms with E-state index >= 15 is 0 Å². The lowest BCUT2D eigenvalue weighted by Gasteiger charge is -2.35. The number of carbonyl (C=O) groups is 1. The van der Waals surface area contributed by atoms with Crippen molar-refractivity contribution >= 4 is 50.6 Å². The molecule has 2 aromatic carbocycles. The lowest BCUT2D eigenvalue weighted by atomic mass is 10.1. The number of hydrogen-bond acceptors (Lipinski definition) is 6. The van der Waals surface area contributed by atoms with Crippen LogP contribution < -0.4 is 10.2 Å². The number of thiazole rings is 1. The molecule has 2 heterocycles. The lowest BCUT2D eigenvalue weighted by molar-refractivity contribution is -0.113. The number of piperazine rings is 1. The third-order valence-corrected chi connectivity index (χ3v) is 7.63. The smallest absolute Gasteiger partial charge is 0.234 e. The Kier molecular flexibility index (Phi) is 6.92. The Morgan fingerprint density at radius 3 is 2.70 bits per heavy atom. The second-order valence-corrected chi connectivity index (χ2v) is 9.64. The molecule has 1 saturated heterocycles. The maximum absolute atomic E-state index is 12.4. The highest BCUT2D eigenvalue weighted by Crippen LogP contribution is 2.26. The molecular weight excluding hydrogens is 412 g/mol. The van der Waals surface area contributed by atoms with Crippen LogP contribution >= 0.6 is 23.1 Å². The minimum atomic E-state index is 0.0357. The SMILES string of the molecule is CCN1CCN(c2ccc(NC(=O)CSCc3nc4ccccc4s3)c(C)c2)CC1. The summed E-state index contributed by atoms with van der Waals surface area (Å²) in [6.07, 6.45) is 0. The quantitative estimate of drug-likeness (QED) is 0.581. The molecule has 7 heteroatoms. The molecule has 0 saturated carbocycles. The van der Waals surface area contributed by atoms with Crippen molar-refractivity contribution in [3.05, 3.63) is 53.0 Å². The number of thioether (sulfide) groups is 1. The first-order valence-corrected chi connectivity index (χ1v) is 12.4. The van der Waals surface area contributed by atoms with E-state index in [9.17, 15) is 4.79 Å². The number of benzene rings is 2. The van der Waals surface area contributed by atoms with Crippen LogP contribution in [-0.2, 0) is 10.5 Å². The highest BCUT2D eigenvalue weighted by Gasteiger charge is 2.16. The van der Waals surface area contributed by atoms with Crippen LogP contribution in [0.15, 0.2) is 42.5 Å². The van der Waals surface area contributed by atoms with Gasteiger partial charge in [0.15, 0.2) is 0 Å². The van der Waals surface area contributed by atoms with E-state index < -0.39 is 0 Å². The van der Waals surface area contributed by atoms with Crippen molar-refractivity contribution in [2.75, 3.05) is 48.7 Å². The zero-order valence-corrected chi connectivity index (χ0v) is 19.2. The van der Waals surface area contributed by atoms with E-state index in [-0.39, 0.29) is 5.91 Å². The van der Waals surface area contributed by atoms with Gasteiger partial charge < -0.3 is 15.1 Å². The van der Waals surface area contributed by atoms with E-state index in [0.717, 1.165) is 60.3 Å². The molecule has 1 aliphatic rings. The molecule has 0 atom stereocenters. The predicted molar refractivity (Wildman–Crippen MR) is 130 cm³/mol. The fourth-order valence-corrected chi connectivity index (χ4v) is 5.55. The first-order chi connectivity index (χ1) is 14.6. The molecule has 1 fully saturated rings. The van der Waals surface area contributed by atoms with Crippen molar-refractivity contribution in [1.82, 2.24) is 9.88 Å². The van der Waals surface area contributed by atoms with Crippen LogP contribution in [0.3, 0.4) is 0 Å². The standard InChI is InChI=1S/C23H28N4OS2/c1-3-26-10-12-27(13-11-26)18-8-9-19(17(2)14-18)24-22(28)15-29-16-23-25-20-6-4-5-7-21(20)30-23/h4-9,14H,3,10-13,15-16H2,1-2H3,(H,24,28). The normalized spacial score (nSPS) is 14.9. The fraction of sp³-hybridized carbons (Fsp3) is 0.391. The number of para-hydroxylation sites is 1. The fourth-order valence-electron chi connectivity index (χ4n) is 3.71. The van der Waals surface area contributed by atoms with Gasteiger partial charge in [-0.15, -0.1) is 23.1 Å². The van der Waals surface area contributed by atoms with E-state index in [0.29, 0.717) is 5.75 Å². The molecule has 1 aromatic heterocycles. The van der Waals surface area contributed by atoms with E-state index in [1.807, 2.05) is 24.3 Å². The third-order valence-electron chi connectivity index (χ3n) is 5.47. The second-order valence-electron chi connectivity index (χ2n) is 7.54. The van der Waals surface area contributed by atoms with Crippen molar-refractivity contribution in [2.24, 2.45) is 0 Å². The van der Waals surface area contributed by atoms with Crippen molar-refractivity contribution in [1.29, 1.82) is 0 Å². The first-order valence-electron chi connectivity index (χ1n) is 10.4. The van der Waals surface area contributed by atoms with Crippen molar-refractivity contribution in [3.8, 4) is 0 Å². The minimum Gasteiger partial charge on any atom is -0.369 e. The van der Waals surface area contributed by atoms with E-state index in [1.165, 1.54) is 10.4 Å². The number of fused-ring (bicyclic) bond motifs is 1. The number of nitrogens with zero attached hydrogens (tertiary/aromatic N) is 3. The maximum Gasteiger partial charge on any atom is 0.234 e. The van der Waals surface area contributed by atoms with E-state index in [4.69, 9.17) is 0 Å². The van der Waals surface area contributed by atoms with Gasteiger partial charge in [-0.05, 0) is 49.4 Å². The van der Waals surface area contributed by atoms with E-state index in [2.05, 4.69) is 52.1 Å². The molecule has 3 aromatic rings. The number of nitrogens with one attached hydrogen (secondary N) is 1. The van der Waals surface area contributed by atoms with Gasteiger partial charge in [-0.25, -0.2) is 4.98 Å². The molecule has 4 rings (SSSR count). The Bertz CT molecular complexity index is 978. The Hall–Kier alpha value is -2.09. The predicted octanol–water partition coefficient (Wildman–Crippen LogP) is 4.62. The molecule has 0 bridgehead atoms. The van der Waals surface area contributed by atoms with E-state index in [1.54, 1.807) is 23.1 Å². The first kappa shape index (κ1) is 21.2. The van der Waals surface area contributed by atoms with Crippen LogP contribution in [0.25, 0.3) is 10.2 Å². The molecule has 5 nitrogen and oxygen atoms in total. The summed E-state index contributed by atoms with van der Waals surface area (Å²) < 4.78 is 1.20. The Balaban J connectivity index is 1.27. The average molecular weight is 441 g/mol. The largest absolute Gasteiger partial charge is 0.369 e. The van der Waals surface area contributed by atoms with Crippen molar-refractivity contribution in [3.63, 3.8) is 0 Å². The van der Waals surface area contributed by atoms with Crippen LogP contribution in [0.2, 0.25) is 0 Å². The molecule has 30 heavy (non-hydrogen) atoms. The summed E-state index contributed by atoms with van der Waals surface area (Å²) >= 11 is 3.31. The molecular formula is C23H28N4OS2. The highest BCUT2D eigenvalue weighted by molar-refractivity contribution is 7.99. The average Bonchev–Trinajstić information content (AvgIpc) is 3.18. The van der Waals surface area contributed by atoms with Gasteiger partial charge >= 0.3 is 0 Å². The van der Waals surface area contributed by atoms with Crippen LogP contribution in [0.4, 0.5) is 11.4 Å². The highest BCUT2D eigenvalue weighted by atomic mass is 32.2. The summed E-state index contributed by atoms with van der Waals surface area (Å²) in [4.78, 5) is 22.0. The summed E-state index contributed by atoms with van der Waals surface area (Å²) in [5.41, 5.74) is 4.28. The number of aryl methyl sites for hydroxylation is 1. The molecule has 1 N–H and O–H groups in total. The van der Waals surface area contributed by atoms with Crippen LogP contribution in [-0.4, -0.2) is 54.3 Å². The minimum absolute atomic E-state index is 0.0357. The number of aromatic nitrogens is 1. The topological polar surface area (TPSA) is 48.5 Å². The number of rotatable bonds is 7.